The molecule has 0 amide bonds. The van der Waals surface area contributed by atoms with E-state index in [2.05, 4.69) is 4.43 Å². The Balaban J connectivity index is 3.40. The fraction of sp³-hybridized carbons (Fsp3) is 0.750. The molecule has 0 aliphatic carbocycles. The Morgan fingerprint density at radius 3 is 1.86 bits per heavy atom. The summed E-state index contributed by atoms with van der Waals surface area (Å²) in [7, 11) is -1.52. The van der Waals surface area contributed by atoms with Gasteiger partial charge in [-0.1, -0.05) is 0 Å². The van der Waals surface area contributed by atoms with Crippen molar-refractivity contribution < 1.29 is 4.43 Å². The number of rotatable bonds is 1. The Morgan fingerprint density at radius 2 is 1.86 bits per heavy atom. The van der Waals surface area contributed by atoms with E-state index in [9.17, 15) is 0 Å². The lowest BCUT2D eigenvalue weighted by Gasteiger charge is -2.08. The van der Waals surface area contributed by atoms with Crippen LogP contribution in [-0.2, 0) is 4.43 Å². The van der Waals surface area contributed by atoms with Crippen LogP contribution in [-0.4, -0.2) is 8.32 Å². The first-order valence-electron chi connectivity index (χ1n) is 2.13. The second-order valence-electron chi connectivity index (χ2n) is 2.31. The van der Waals surface area contributed by atoms with Crippen molar-refractivity contribution in [3.8, 4) is 6.26 Å². The van der Waals surface area contributed by atoms with Crippen molar-refractivity contribution in [3.63, 3.8) is 0 Å². The third-order valence-electron chi connectivity index (χ3n) is 0.352. The van der Waals surface area contributed by atoms with Crippen LogP contribution < -0.4 is 0 Å². The summed E-state index contributed by atoms with van der Waals surface area (Å²) < 4.78 is 4.67. The highest BCUT2D eigenvalue weighted by Crippen LogP contribution is 1.99. The monoisotopic (exact) mass is 115 g/mol. The lowest BCUT2D eigenvalue weighted by atomic mass is 11.6. The van der Waals surface area contributed by atoms with Gasteiger partial charge in [0, 0.05) is 0 Å². The molecular formula is C4H9NOSi. The van der Waals surface area contributed by atoms with E-state index in [0.717, 1.165) is 0 Å². The quantitative estimate of drug-likeness (QED) is 0.381. The predicted octanol–water partition coefficient (Wildman–Crippen LogP) is 1.32. The van der Waals surface area contributed by atoms with Gasteiger partial charge in [-0.25, -0.2) is 0 Å². The normalized spacial score (nSPS) is 10.0. The zero-order valence-electron chi connectivity index (χ0n) is 4.86. The van der Waals surface area contributed by atoms with Crippen LogP contribution in [0.2, 0.25) is 19.6 Å². The minimum Gasteiger partial charge on any atom is -0.483 e. The molecule has 0 bridgehead atoms. The predicted molar refractivity (Wildman–Crippen MR) is 30.0 cm³/mol. The summed E-state index contributed by atoms with van der Waals surface area (Å²) in [5.41, 5.74) is 0. The Labute approximate surface area is 44.8 Å². The molecule has 0 rings (SSSR count). The molecule has 40 valence electrons. The molecule has 0 atom stereocenters. The van der Waals surface area contributed by atoms with E-state index in [1.54, 1.807) is 6.26 Å². The van der Waals surface area contributed by atoms with Crippen molar-refractivity contribution >= 4 is 8.32 Å². The van der Waals surface area contributed by atoms with Crippen molar-refractivity contribution in [1.29, 1.82) is 5.26 Å². The Kier molecular flexibility index (Phi) is 1.85. The fourth-order valence-electron chi connectivity index (χ4n) is 0.137. The topological polar surface area (TPSA) is 33.0 Å². The Bertz CT molecular complexity index is 88.8. The number of hydrogen-bond acceptors (Lipinski definition) is 2. The first-order chi connectivity index (χ1) is 3.06. The van der Waals surface area contributed by atoms with Crippen LogP contribution in [0, 0.1) is 11.5 Å². The van der Waals surface area contributed by atoms with Gasteiger partial charge in [0.15, 0.2) is 0 Å². The van der Waals surface area contributed by atoms with Gasteiger partial charge < -0.3 is 4.43 Å². The molecule has 0 saturated heterocycles. The summed E-state index contributed by atoms with van der Waals surface area (Å²) in [5.74, 6) is 0. The molecule has 0 radical (unpaired) electrons. The maximum Gasteiger partial charge on any atom is 0.271 e. The van der Waals surface area contributed by atoms with E-state index in [1.807, 2.05) is 19.6 Å². The highest BCUT2D eigenvalue weighted by molar-refractivity contribution is 6.70. The van der Waals surface area contributed by atoms with Gasteiger partial charge in [0.25, 0.3) is 14.6 Å². The van der Waals surface area contributed by atoms with Gasteiger partial charge in [-0.15, -0.1) is 0 Å². The van der Waals surface area contributed by atoms with Crippen LogP contribution in [0.3, 0.4) is 0 Å². The molecule has 0 aromatic rings. The molecular weight excluding hydrogens is 106 g/mol. The number of hydrogen-bond donors (Lipinski definition) is 0. The molecule has 0 aromatic carbocycles. The van der Waals surface area contributed by atoms with Crippen molar-refractivity contribution in [3.05, 3.63) is 0 Å². The van der Waals surface area contributed by atoms with Crippen LogP contribution in [0.25, 0.3) is 0 Å². The first kappa shape index (κ1) is 6.51. The molecule has 2 nitrogen and oxygen atoms in total. The van der Waals surface area contributed by atoms with Crippen molar-refractivity contribution in [1.82, 2.24) is 0 Å². The highest BCUT2D eigenvalue weighted by Gasteiger charge is 2.14. The maximum absolute atomic E-state index is 7.96. The molecule has 0 aromatic heterocycles. The molecule has 0 fully saturated rings. The minimum absolute atomic E-state index is 1.52. The Hall–Kier alpha value is -0.493. The first-order valence-corrected chi connectivity index (χ1v) is 5.54. The molecule has 0 heterocycles. The maximum atomic E-state index is 7.96. The van der Waals surface area contributed by atoms with Crippen LogP contribution in [0.15, 0.2) is 0 Å². The summed E-state index contributed by atoms with van der Waals surface area (Å²) >= 11 is 0. The lowest BCUT2D eigenvalue weighted by Crippen LogP contribution is -2.21. The summed E-state index contributed by atoms with van der Waals surface area (Å²) in [6.07, 6.45) is 1.67. The van der Waals surface area contributed by atoms with Gasteiger partial charge in [0.1, 0.15) is 0 Å². The van der Waals surface area contributed by atoms with Crippen molar-refractivity contribution in [2.45, 2.75) is 19.6 Å². The molecule has 7 heavy (non-hydrogen) atoms. The second kappa shape index (κ2) is 1.98. The van der Waals surface area contributed by atoms with Gasteiger partial charge in [0.05, 0.1) is 0 Å². The van der Waals surface area contributed by atoms with E-state index >= 15 is 0 Å². The van der Waals surface area contributed by atoms with Crippen LogP contribution in [0.4, 0.5) is 0 Å². The lowest BCUT2D eigenvalue weighted by molar-refractivity contribution is 0.506. The molecule has 0 aliphatic rings. The molecule has 0 aliphatic heterocycles. The molecule has 0 spiro atoms. The zero-order chi connectivity index (χ0) is 5.91. The van der Waals surface area contributed by atoms with Gasteiger partial charge in [-0.2, -0.15) is 5.26 Å². The molecule has 3 heteroatoms. The third-order valence-corrected chi connectivity index (χ3v) is 1.06. The van der Waals surface area contributed by atoms with Crippen molar-refractivity contribution in [2.75, 3.05) is 0 Å². The largest absolute Gasteiger partial charge is 0.483 e. The summed E-state index contributed by atoms with van der Waals surface area (Å²) in [6.45, 7) is 5.91. The average Bonchev–Trinajstić information content (AvgIpc) is 1.30. The second-order valence-corrected chi connectivity index (χ2v) is 6.73. The third kappa shape index (κ3) is 5.51. The van der Waals surface area contributed by atoms with E-state index < -0.39 is 8.32 Å². The van der Waals surface area contributed by atoms with E-state index in [4.69, 9.17) is 5.26 Å². The average molecular weight is 115 g/mol. The van der Waals surface area contributed by atoms with Crippen molar-refractivity contribution in [2.24, 2.45) is 0 Å². The SMILES string of the molecule is C[Si](C)(C)OC#N. The van der Waals surface area contributed by atoms with Gasteiger partial charge in [0.2, 0.25) is 0 Å². The van der Waals surface area contributed by atoms with E-state index in [0.29, 0.717) is 0 Å². The standard InChI is InChI=1S/C4H9NOSi/c1-7(2,3)6-4-5/h1-3H3. The molecule has 0 saturated carbocycles. The fourth-order valence-corrected chi connectivity index (χ4v) is 0.411. The molecule has 0 N–H and O–H groups in total. The van der Waals surface area contributed by atoms with E-state index in [-0.39, 0.29) is 0 Å². The van der Waals surface area contributed by atoms with Crippen LogP contribution in [0.1, 0.15) is 0 Å². The minimum atomic E-state index is -1.52. The van der Waals surface area contributed by atoms with E-state index in [1.165, 1.54) is 0 Å². The number of nitriles is 1. The zero-order valence-corrected chi connectivity index (χ0v) is 5.86. The van der Waals surface area contributed by atoms with Gasteiger partial charge >= 0.3 is 0 Å². The summed E-state index contributed by atoms with van der Waals surface area (Å²) in [4.78, 5) is 0. The highest BCUT2D eigenvalue weighted by atomic mass is 28.4. The summed E-state index contributed by atoms with van der Waals surface area (Å²) in [6, 6.07) is 0. The molecule has 0 unspecified atom stereocenters. The van der Waals surface area contributed by atoms with Gasteiger partial charge in [-0.05, 0) is 19.6 Å². The van der Waals surface area contributed by atoms with Crippen LogP contribution >= 0.6 is 0 Å². The van der Waals surface area contributed by atoms with Crippen LogP contribution in [0.5, 0.6) is 0 Å². The smallest absolute Gasteiger partial charge is 0.271 e. The van der Waals surface area contributed by atoms with Gasteiger partial charge in [-0.3, -0.25) is 0 Å². The number of nitrogens with zero attached hydrogens (tertiary/aromatic N) is 1. The summed E-state index contributed by atoms with van der Waals surface area (Å²) in [5, 5.41) is 7.96. The Morgan fingerprint density at radius 1 is 1.43 bits per heavy atom.